The quantitative estimate of drug-likeness (QED) is 0.453. The van der Waals surface area contributed by atoms with Crippen molar-refractivity contribution >= 4 is 5.97 Å². The molecule has 1 aromatic rings. The third-order valence-corrected chi connectivity index (χ3v) is 2.33. The van der Waals surface area contributed by atoms with Gasteiger partial charge in [0, 0.05) is 0 Å². The zero-order chi connectivity index (χ0) is 12.7. The number of hydrogen-bond acceptors (Lipinski definition) is 3. The monoisotopic (exact) mass is 229 g/mol. The van der Waals surface area contributed by atoms with E-state index in [0.717, 1.165) is 11.1 Å². The summed E-state index contributed by atoms with van der Waals surface area (Å²) in [5, 5.41) is 8.96. The molecule has 3 nitrogen and oxygen atoms in total. The first kappa shape index (κ1) is 13.0. The lowest BCUT2D eigenvalue weighted by atomic mass is 10.0. The fourth-order valence-electron chi connectivity index (χ4n) is 1.51. The summed E-state index contributed by atoms with van der Waals surface area (Å²) in [7, 11) is 0. The number of nitriles is 1. The smallest absolute Gasteiger partial charge is 0.348 e. The van der Waals surface area contributed by atoms with E-state index >= 15 is 0 Å². The van der Waals surface area contributed by atoms with Crippen molar-refractivity contribution in [1.82, 2.24) is 0 Å². The summed E-state index contributed by atoms with van der Waals surface area (Å²) in [5.41, 5.74) is 1.91. The number of benzene rings is 1. The van der Waals surface area contributed by atoms with E-state index < -0.39 is 5.97 Å². The molecule has 0 heterocycles. The van der Waals surface area contributed by atoms with Crippen LogP contribution in [0.1, 0.15) is 19.4 Å². The van der Waals surface area contributed by atoms with E-state index in [2.05, 4.69) is 0 Å². The summed E-state index contributed by atoms with van der Waals surface area (Å²) in [4.78, 5) is 11.5. The van der Waals surface area contributed by atoms with Gasteiger partial charge in [-0.25, -0.2) is 4.79 Å². The summed E-state index contributed by atoms with van der Waals surface area (Å²) in [6.45, 7) is 3.78. The molecule has 0 radical (unpaired) electrons. The molecular weight excluding hydrogens is 214 g/mol. The Morgan fingerprint density at radius 2 is 2.00 bits per heavy atom. The van der Waals surface area contributed by atoms with Crippen molar-refractivity contribution in [3.8, 4) is 6.07 Å². The van der Waals surface area contributed by atoms with Crippen LogP contribution in [-0.2, 0) is 16.0 Å². The topological polar surface area (TPSA) is 50.1 Å². The van der Waals surface area contributed by atoms with Gasteiger partial charge < -0.3 is 4.74 Å². The van der Waals surface area contributed by atoms with Crippen molar-refractivity contribution in [2.75, 3.05) is 6.61 Å². The molecular formula is C14H15NO2. The maximum Gasteiger partial charge on any atom is 0.348 e. The second kappa shape index (κ2) is 6.49. The minimum Gasteiger partial charge on any atom is -0.462 e. The van der Waals surface area contributed by atoms with E-state index in [4.69, 9.17) is 10.00 Å². The zero-order valence-electron chi connectivity index (χ0n) is 10.1. The Bertz CT molecular complexity index is 455. The summed E-state index contributed by atoms with van der Waals surface area (Å²) in [5.74, 6) is -0.538. The van der Waals surface area contributed by atoms with Crippen LogP contribution in [-0.4, -0.2) is 12.6 Å². The van der Waals surface area contributed by atoms with Gasteiger partial charge in [0.05, 0.1) is 6.61 Å². The summed E-state index contributed by atoms with van der Waals surface area (Å²) in [6.07, 6.45) is 0.586. The van der Waals surface area contributed by atoms with Gasteiger partial charge in [-0.3, -0.25) is 0 Å². The van der Waals surface area contributed by atoms with Crippen LogP contribution in [0.3, 0.4) is 0 Å². The lowest BCUT2D eigenvalue weighted by Gasteiger charge is -2.05. The molecule has 0 aliphatic heterocycles. The van der Waals surface area contributed by atoms with Crippen LogP contribution in [0.15, 0.2) is 41.5 Å². The molecule has 0 atom stereocenters. The molecule has 0 aliphatic carbocycles. The number of ether oxygens (including phenoxy) is 1. The normalized spacial score (nSPS) is 11.4. The molecule has 0 saturated heterocycles. The molecule has 0 amide bonds. The average Bonchev–Trinajstić information content (AvgIpc) is 2.31. The third-order valence-electron chi connectivity index (χ3n) is 2.33. The summed E-state index contributed by atoms with van der Waals surface area (Å²) in [6, 6.07) is 11.6. The highest BCUT2D eigenvalue weighted by Gasteiger charge is 2.13. The largest absolute Gasteiger partial charge is 0.462 e. The van der Waals surface area contributed by atoms with Crippen molar-refractivity contribution in [2.24, 2.45) is 0 Å². The number of esters is 1. The number of nitrogens with zero attached hydrogens (tertiary/aromatic N) is 1. The molecule has 0 saturated carbocycles. The van der Waals surface area contributed by atoms with Gasteiger partial charge >= 0.3 is 5.97 Å². The second-order valence-electron chi connectivity index (χ2n) is 3.65. The Morgan fingerprint density at radius 1 is 1.35 bits per heavy atom. The second-order valence-corrected chi connectivity index (χ2v) is 3.65. The van der Waals surface area contributed by atoms with Gasteiger partial charge in [-0.1, -0.05) is 30.3 Å². The maximum atomic E-state index is 11.5. The van der Waals surface area contributed by atoms with E-state index in [-0.39, 0.29) is 12.2 Å². The number of carbonyl (C=O) groups excluding carboxylic acids is 1. The number of carbonyl (C=O) groups is 1. The van der Waals surface area contributed by atoms with Gasteiger partial charge in [0.1, 0.15) is 11.6 Å². The number of allylic oxidation sites excluding steroid dienone is 1. The van der Waals surface area contributed by atoms with E-state index in [1.807, 2.05) is 36.4 Å². The van der Waals surface area contributed by atoms with Crippen LogP contribution in [0, 0.1) is 11.3 Å². The van der Waals surface area contributed by atoms with Gasteiger partial charge in [0.15, 0.2) is 0 Å². The highest BCUT2D eigenvalue weighted by atomic mass is 16.5. The first-order valence-electron chi connectivity index (χ1n) is 5.50. The SMILES string of the molecule is CCOC(=O)C(C#N)=C(C)Cc1ccccc1. The average molecular weight is 229 g/mol. The van der Waals surface area contributed by atoms with Crippen LogP contribution in [0.2, 0.25) is 0 Å². The molecule has 0 bridgehead atoms. The van der Waals surface area contributed by atoms with Gasteiger partial charge in [-0.15, -0.1) is 0 Å². The Kier molecular flexibility index (Phi) is 4.96. The van der Waals surface area contributed by atoms with E-state index in [1.165, 1.54) is 0 Å². The molecule has 1 rings (SSSR count). The van der Waals surface area contributed by atoms with Crippen LogP contribution < -0.4 is 0 Å². The highest BCUT2D eigenvalue weighted by Crippen LogP contribution is 2.12. The summed E-state index contributed by atoms with van der Waals surface area (Å²) >= 11 is 0. The van der Waals surface area contributed by atoms with Crippen LogP contribution >= 0.6 is 0 Å². The fraction of sp³-hybridized carbons (Fsp3) is 0.286. The van der Waals surface area contributed by atoms with E-state index in [9.17, 15) is 4.79 Å². The minimum absolute atomic E-state index is 0.107. The third kappa shape index (κ3) is 3.76. The fourth-order valence-corrected chi connectivity index (χ4v) is 1.51. The van der Waals surface area contributed by atoms with E-state index in [0.29, 0.717) is 6.42 Å². The van der Waals surface area contributed by atoms with Crippen molar-refractivity contribution in [3.05, 3.63) is 47.0 Å². The number of hydrogen-bond donors (Lipinski definition) is 0. The molecule has 88 valence electrons. The minimum atomic E-state index is -0.538. The molecule has 0 aromatic heterocycles. The molecule has 0 N–H and O–H groups in total. The molecule has 3 heteroatoms. The zero-order valence-corrected chi connectivity index (χ0v) is 10.1. The highest BCUT2D eigenvalue weighted by molar-refractivity contribution is 5.93. The van der Waals surface area contributed by atoms with Gasteiger partial charge in [-0.2, -0.15) is 5.26 Å². The summed E-state index contributed by atoms with van der Waals surface area (Å²) < 4.78 is 4.83. The van der Waals surface area contributed by atoms with Crippen molar-refractivity contribution in [2.45, 2.75) is 20.3 Å². The van der Waals surface area contributed by atoms with Gasteiger partial charge in [-0.05, 0) is 31.4 Å². The molecule has 1 aromatic carbocycles. The molecule has 0 unspecified atom stereocenters. The Morgan fingerprint density at radius 3 is 2.53 bits per heavy atom. The van der Waals surface area contributed by atoms with Crippen LogP contribution in [0.5, 0.6) is 0 Å². The molecule has 0 spiro atoms. The molecule has 0 aliphatic rings. The van der Waals surface area contributed by atoms with Gasteiger partial charge in [0.25, 0.3) is 0 Å². The van der Waals surface area contributed by atoms with Crippen LogP contribution in [0.25, 0.3) is 0 Å². The van der Waals surface area contributed by atoms with E-state index in [1.54, 1.807) is 13.8 Å². The standard InChI is InChI=1S/C14H15NO2/c1-3-17-14(16)13(10-15)11(2)9-12-7-5-4-6-8-12/h4-8H,3,9H2,1-2H3. The Labute approximate surface area is 101 Å². The number of rotatable bonds is 4. The maximum absolute atomic E-state index is 11.5. The Balaban J connectivity index is 2.88. The lowest BCUT2D eigenvalue weighted by molar-refractivity contribution is -0.138. The van der Waals surface area contributed by atoms with Crippen molar-refractivity contribution in [1.29, 1.82) is 5.26 Å². The van der Waals surface area contributed by atoms with Crippen molar-refractivity contribution < 1.29 is 9.53 Å². The van der Waals surface area contributed by atoms with Crippen molar-refractivity contribution in [3.63, 3.8) is 0 Å². The first-order chi connectivity index (χ1) is 8.19. The van der Waals surface area contributed by atoms with Crippen LogP contribution in [0.4, 0.5) is 0 Å². The molecule has 17 heavy (non-hydrogen) atoms. The van der Waals surface area contributed by atoms with Gasteiger partial charge in [0.2, 0.25) is 0 Å². The Hall–Kier alpha value is -2.08. The first-order valence-corrected chi connectivity index (χ1v) is 5.50. The lowest BCUT2D eigenvalue weighted by Crippen LogP contribution is -2.09. The molecule has 0 fully saturated rings. The predicted octanol–water partition coefficient (Wildman–Crippen LogP) is 2.63. The predicted molar refractivity (Wildman–Crippen MR) is 65.1 cm³/mol.